The number of nitrogens with one attached hydrogen (secondary N) is 1. The van der Waals surface area contributed by atoms with Gasteiger partial charge in [-0.1, -0.05) is 5.57 Å². The summed E-state index contributed by atoms with van der Waals surface area (Å²) in [6.07, 6.45) is 0.962. The van der Waals surface area contributed by atoms with Gasteiger partial charge >= 0.3 is 0 Å². The Morgan fingerprint density at radius 1 is 1.50 bits per heavy atom. The number of hydrogen-bond donors (Lipinski definition) is 1. The lowest BCUT2D eigenvalue weighted by molar-refractivity contribution is 0.139. The van der Waals surface area contributed by atoms with E-state index in [4.69, 9.17) is 4.74 Å². The van der Waals surface area contributed by atoms with Gasteiger partial charge in [-0.05, 0) is 37.3 Å². The van der Waals surface area contributed by atoms with Gasteiger partial charge in [-0.15, -0.1) is 17.9 Å². The predicted molar refractivity (Wildman–Crippen MR) is 71.0 cm³/mol. The topological polar surface area (TPSA) is 21.3 Å². The molecule has 0 saturated heterocycles. The number of hydrogen-bond acceptors (Lipinski definition) is 3. The number of ether oxygens (including phenoxy) is 1. The van der Waals surface area contributed by atoms with E-state index in [1.54, 1.807) is 11.3 Å². The first-order chi connectivity index (χ1) is 7.70. The minimum absolute atomic E-state index is 0.775. The molecular weight excluding hydrogens is 218 g/mol. The van der Waals surface area contributed by atoms with Gasteiger partial charge in [0.05, 0.1) is 13.2 Å². The third-order valence-electron chi connectivity index (χ3n) is 2.35. The molecule has 1 heterocycles. The fourth-order valence-corrected chi connectivity index (χ4v) is 2.16. The van der Waals surface area contributed by atoms with Crippen LogP contribution in [0, 0.1) is 6.92 Å². The zero-order valence-corrected chi connectivity index (χ0v) is 11.0. The summed E-state index contributed by atoms with van der Waals surface area (Å²) in [5, 5.41) is 5.51. The molecule has 1 rings (SSSR count). The average Bonchev–Trinajstić information content (AvgIpc) is 2.62. The summed E-state index contributed by atoms with van der Waals surface area (Å²) in [5.74, 6) is 0. The van der Waals surface area contributed by atoms with E-state index < -0.39 is 0 Å². The maximum Gasteiger partial charge on any atom is 0.0591 e. The molecule has 0 aliphatic carbocycles. The van der Waals surface area contributed by atoms with Crippen molar-refractivity contribution in [3.63, 3.8) is 0 Å². The molecule has 0 radical (unpaired) electrons. The standard InChI is InChI=1S/C13H21NOS/c1-11(2)4-7-15-8-6-14-10-13-12(3)5-9-16-13/h5,9,14H,1,4,6-8,10H2,2-3H3. The van der Waals surface area contributed by atoms with Crippen molar-refractivity contribution >= 4 is 11.3 Å². The predicted octanol–water partition coefficient (Wildman–Crippen LogP) is 3.13. The van der Waals surface area contributed by atoms with Gasteiger partial charge in [0, 0.05) is 18.0 Å². The van der Waals surface area contributed by atoms with Crippen LogP contribution in [0.5, 0.6) is 0 Å². The monoisotopic (exact) mass is 239 g/mol. The van der Waals surface area contributed by atoms with Gasteiger partial charge in [0.1, 0.15) is 0 Å². The fraction of sp³-hybridized carbons (Fsp3) is 0.538. The van der Waals surface area contributed by atoms with Crippen molar-refractivity contribution in [1.29, 1.82) is 0 Å². The van der Waals surface area contributed by atoms with Crippen LogP contribution in [0.4, 0.5) is 0 Å². The Labute approximate surface area is 102 Å². The van der Waals surface area contributed by atoms with Crippen molar-refractivity contribution in [2.24, 2.45) is 0 Å². The maximum absolute atomic E-state index is 5.47. The summed E-state index contributed by atoms with van der Waals surface area (Å²) in [6.45, 7) is 11.4. The number of aryl methyl sites for hydroxylation is 1. The molecule has 0 aliphatic heterocycles. The highest BCUT2D eigenvalue weighted by Gasteiger charge is 1.98. The molecule has 0 fully saturated rings. The zero-order valence-electron chi connectivity index (χ0n) is 10.2. The zero-order chi connectivity index (χ0) is 11.8. The van der Waals surface area contributed by atoms with E-state index in [-0.39, 0.29) is 0 Å². The molecule has 1 aromatic heterocycles. The Kier molecular flexibility index (Phi) is 6.38. The summed E-state index contributed by atoms with van der Waals surface area (Å²) in [5.41, 5.74) is 2.56. The van der Waals surface area contributed by atoms with Crippen molar-refractivity contribution < 1.29 is 4.74 Å². The molecule has 1 aromatic rings. The van der Waals surface area contributed by atoms with Gasteiger partial charge in [0.15, 0.2) is 0 Å². The lowest BCUT2D eigenvalue weighted by atomic mass is 10.3. The lowest BCUT2D eigenvalue weighted by Gasteiger charge is -2.05. The molecule has 0 atom stereocenters. The first-order valence-corrected chi connectivity index (χ1v) is 6.54. The van der Waals surface area contributed by atoms with Crippen LogP contribution in [-0.2, 0) is 11.3 Å². The molecule has 0 bridgehead atoms. The first kappa shape index (κ1) is 13.4. The van der Waals surface area contributed by atoms with E-state index in [1.807, 2.05) is 6.92 Å². The SMILES string of the molecule is C=C(C)CCOCCNCc1sccc1C. The summed E-state index contributed by atoms with van der Waals surface area (Å²) in [7, 11) is 0. The Hall–Kier alpha value is -0.640. The van der Waals surface area contributed by atoms with Crippen molar-refractivity contribution in [1.82, 2.24) is 5.32 Å². The van der Waals surface area contributed by atoms with Gasteiger partial charge in [0.25, 0.3) is 0 Å². The Balaban J connectivity index is 1.96. The van der Waals surface area contributed by atoms with Crippen LogP contribution in [-0.4, -0.2) is 19.8 Å². The molecule has 2 nitrogen and oxygen atoms in total. The number of thiophene rings is 1. The van der Waals surface area contributed by atoms with E-state index in [1.165, 1.54) is 16.0 Å². The third kappa shape index (κ3) is 5.45. The molecule has 0 aromatic carbocycles. The Bertz CT molecular complexity index is 319. The van der Waals surface area contributed by atoms with Crippen molar-refractivity contribution in [3.05, 3.63) is 34.0 Å². The second-order valence-electron chi connectivity index (χ2n) is 4.02. The largest absolute Gasteiger partial charge is 0.380 e. The highest BCUT2D eigenvalue weighted by molar-refractivity contribution is 7.10. The minimum atomic E-state index is 0.775. The quantitative estimate of drug-likeness (QED) is 0.556. The van der Waals surface area contributed by atoms with Crippen molar-refractivity contribution in [3.8, 4) is 0 Å². The van der Waals surface area contributed by atoms with Crippen molar-refractivity contribution in [2.45, 2.75) is 26.8 Å². The van der Waals surface area contributed by atoms with Gasteiger partial charge < -0.3 is 10.1 Å². The average molecular weight is 239 g/mol. The maximum atomic E-state index is 5.47. The number of rotatable bonds is 8. The molecule has 0 saturated carbocycles. The molecule has 0 aliphatic rings. The summed E-state index contributed by atoms with van der Waals surface area (Å²) in [4.78, 5) is 1.42. The molecule has 16 heavy (non-hydrogen) atoms. The van der Waals surface area contributed by atoms with E-state index in [9.17, 15) is 0 Å². The second-order valence-corrected chi connectivity index (χ2v) is 5.02. The molecule has 0 spiro atoms. The Morgan fingerprint density at radius 3 is 2.94 bits per heavy atom. The normalized spacial score (nSPS) is 10.6. The summed E-state index contributed by atoms with van der Waals surface area (Å²) in [6, 6.07) is 2.16. The molecule has 1 N–H and O–H groups in total. The van der Waals surface area contributed by atoms with Crippen LogP contribution in [0.15, 0.2) is 23.6 Å². The lowest BCUT2D eigenvalue weighted by Crippen LogP contribution is -2.19. The molecule has 90 valence electrons. The van der Waals surface area contributed by atoms with Gasteiger partial charge in [-0.2, -0.15) is 0 Å². The van der Waals surface area contributed by atoms with E-state index >= 15 is 0 Å². The van der Waals surface area contributed by atoms with Crippen LogP contribution in [0.2, 0.25) is 0 Å². The molecule has 3 heteroatoms. The van der Waals surface area contributed by atoms with Crippen LogP contribution in [0.3, 0.4) is 0 Å². The van der Waals surface area contributed by atoms with Crippen LogP contribution >= 0.6 is 11.3 Å². The minimum Gasteiger partial charge on any atom is -0.380 e. The third-order valence-corrected chi connectivity index (χ3v) is 3.37. The van der Waals surface area contributed by atoms with Gasteiger partial charge in [-0.3, -0.25) is 0 Å². The highest BCUT2D eigenvalue weighted by atomic mass is 32.1. The van der Waals surface area contributed by atoms with Gasteiger partial charge in [0.2, 0.25) is 0 Å². The van der Waals surface area contributed by atoms with Crippen LogP contribution in [0.1, 0.15) is 23.8 Å². The van der Waals surface area contributed by atoms with E-state index in [0.717, 1.165) is 32.7 Å². The van der Waals surface area contributed by atoms with E-state index in [0.29, 0.717) is 0 Å². The van der Waals surface area contributed by atoms with Gasteiger partial charge in [-0.25, -0.2) is 0 Å². The fourth-order valence-electron chi connectivity index (χ4n) is 1.28. The van der Waals surface area contributed by atoms with E-state index in [2.05, 4.69) is 30.3 Å². The summed E-state index contributed by atoms with van der Waals surface area (Å²) >= 11 is 1.81. The second kappa shape index (κ2) is 7.60. The van der Waals surface area contributed by atoms with Crippen LogP contribution < -0.4 is 5.32 Å². The molecule has 0 unspecified atom stereocenters. The van der Waals surface area contributed by atoms with Crippen molar-refractivity contribution in [2.75, 3.05) is 19.8 Å². The smallest absolute Gasteiger partial charge is 0.0591 e. The van der Waals surface area contributed by atoms with Crippen LogP contribution in [0.25, 0.3) is 0 Å². The molecule has 0 amide bonds. The summed E-state index contributed by atoms with van der Waals surface area (Å²) < 4.78 is 5.47. The molecular formula is C13H21NOS. The Morgan fingerprint density at radius 2 is 2.31 bits per heavy atom. The highest BCUT2D eigenvalue weighted by Crippen LogP contribution is 2.14. The first-order valence-electron chi connectivity index (χ1n) is 5.66.